The molecule has 0 amide bonds. The predicted molar refractivity (Wildman–Crippen MR) is 234 cm³/mol. The number of allylic oxidation sites excluding steroid dienone is 5. The van der Waals surface area contributed by atoms with Gasteiger partial charge in [-0.2, -0.15) is 0 Å². The summed E-state index contributed by atoms with van der Waals surface area (Å²) in [6.07, 6.45) is 8.82. The number of rotatable bonds is 6. The third kappa shape index (κ3) is 6.55. The fourth-order valence-electron chi connectivity index (χ4n) is 7.51. The molecule has 0 aliphatic carbocycles. The third-order valence-electron chi connectivity index (χ3n) is 10.3. The summed E-state index contributed by atoms with van der Waals surface area (Å²) in [6, 6.07) is 42.5. The number of thiophene rings is 2. The van der Waals surface area contributed by atoms with Crippen LogP contribution in [0, 0.1) is 30.1 Å². The Labute approximate surface area is 336 Å². The van der Waals surface area contributed by atoms with E-state index in [1.807, 2.05) is 22.7 Å². The zero-order valence-corrected chi connectivity index (χ0v) is 35.8. The molecule has 0 radical (unpaired) electrons. The number of hydrogen-bond acceptors (Lipinski definition) is 3. The van der Waals surface area contributed by atoms with Crippen molar-refractivity contribution in [1.82, 2.24) is 0 Å². The zero-order chi connectivity index (χ0) is 37.2. The normalized spacial score (nSPS) is 15.3. The van der Waals surface area contributed by atoms with E-state index < -0.39 is 7.26 Å². The Kier molecular flexibility index (Phi) is 10.7. The Morgan fingerprint density at radius 1 is 0.685 bits per heavy atom. The van der Waals surface area contributed by atoms with E-state index in [4.69, 9.17) is 4.74 Å². The maximum absolute atomic E-state index is 6.02. The van der Waals surface area contributed by atoms with Crippen LogP contribution in [0.5, 0.6) is 0 Å². The van der Waals surface area contributed by atoms with Gasteiger partial charge in [-0.05, 0) is 13.8 Å². The second-order valence-electron chi connectivity index (χ2n) is 13.5. The molecular weight excluding hydrogens is 890 g/mol. The third-order valence-corrected chi connectivity index (χ3v) is 17.9. The molecule has 265 valence electrons. The summed E-state index contributed by atoms with van der Waals surface area (Å²) in [7, 11) is -2.47. The van der Waals surface area contributed by atoms with Gasteiger partial charge in [0, 0.05) is 0 Å². The summed E-state index contributed by atoms with van der Waals surface area (Å²) in [5, 5.41) is 10.2. The van der Waals surface area contributed by atoms with Crippen molar-refractivity contribution in [3.63, 3.8) is 0 Å². The van der Waals surface area contributed by atoms with Crippen LogP contribution in [0.25, 0.3) is 37.0 Å². The number of fused-ring (bicyclic) bond motifs is 6. The Morgan fingerprint density at radius 3 is 1.76 bits per heavy atom. The number of benzene rings is 5. The van der Waals surface area contributed by atoms with E-state index in [2.05, 4.69) is 183 Å². The van der Waals surface area contributed by atoms with Gasteiger partial charge in [0.15, 0.2) is 0 Å². The molecule has 2 aromatic heterocycles. The van der Waals surface area contributed by atoms with Gasteiger partial charge in [-0.1, -0.05) is 6.08 Å². The molecule has 0 N–H and O–H groups in total. The SMILES string of the molecule is CC=C1COCC1=CC(C#Cc1cc2c3cc(C)c(C)cc3c3cc(/C=C/C)sc3c2s1)=C([C]#[Os])[P+](c1ccccc1)(c1ccccc1)c1ccccc1. The molecule has 0 spiro atoms. The van der Waals surface area contributed by atoms with Gasteiger partial charge >= 0.3 is 319 Å². The quantitative estimate of drug-likeness (QED) is 0.119. The number of aryl methyl sites for hydroxylation is 2. The number of hydrogen-bond donors (Lipinski definition) is 0. The molecule has 0 atom stereocenters. The summed E-state index contributed by atoms with van der Waals surface area (Å²) in [4.78, 5) is 2.34. The van der Waals surface area contributed by atoms with Crippen molar-refractivity contribution < 1.29 is 22.7 Å². The first kappa shape index (κ1) is 36.6. The van der Waals surface area contributed by atoms with Gasteiger partial charge in [-0.15, -0.1) is 0 Å². The van der Waals surface area contributed by atoms with Crippen molar-refractivity contribution in [1.29, 1.82) is 0 Å². The monoisotopic (exact) mass is 930 g/mol. The Balaban J connectivity index is 1.45. The van der Waals surface area contributed by atoms with Gasteiger partial charge in [-0.25, -0.2) is 0 Å². The Hall–Kier alpha value is -4.39. The molecule has 0 unspecified atom stereocenters. The average Bonchev–Trinajstić information content (AvgIpc) is 3.96. The van der Waals surface area contributed by atoms with Gasteiger partial charge in [0.05, 0.1) is 0 Å². The molecule has 1 aliphatic rings. The van der Waals surface area contributed by atoms with Gasteiger partial charge in [0.1, 0.15) is 0 Å². The van der Waals surface area contributed by atoms with Crippen LogP contribution in [0.15, 0.2) is 156 Å². The summed E-state index contributed by atoms with van der Waals surface area (Å²) < 4.78 is 12.5. The van der Waals surface area contributed by atoms with Crippen molar-refractivity contribution in [2.75, 3.05) is 13.2 Å². The van der Waals surface area contributed by atoms with Crippen LogP contribution < -0.4 is 15.9 Å². The molecular formula is C49H39OOsPS2+. The number of ether oxygens (including phenoxy) is 1. The molecule has 0 saturated carbocycles. The van der Waals surface area contributed by atoms with Gasteiger partial charge in [-0.3, -0.25) is 0 Å². The van der Waals surface area contributed by atoms with Crippen molar-refractivity contribution in [3.05, 3.63) is 176 Å². The van der Waals surface area contributed by atoms with Crippen LogP contribution in [-0.2, 0) is 22.7 Å². The van der Waals surface area contributed by atoms with Gasteiger partial charge in [0.2, 0.25) is 0 Å². The molecule has 54 heavy (non-hydrogen) atoms. The molecule has 5 heteroatoms. The van der Waals surface area contributed by atoms with Gasteiger partial charge < -0.3 is 0 Å². The van der Waals surface area contributed by atoms with E-state index in [-0.39, 0.29) is 0 Å². The van der Waals surface area contributed by atoms with E-state index >= 15 is 0 Å². The summed E-state index contributed by atoms with van der Waals surface area (Å²) in [5.41, 5.74) is 6.00. The molecule has 5 aromatic carbocycles. The molecule has 1 aliphatic heterocycles. The minimum absolute atomic E-state index is 0.566. The van der Waals surface area contributed by atoms with Crippen LogP contribution in [0.2, 0.25) is 0 Å². The van der Waals surface area contributed by atoms with E-state index in [9.17, 15) is 0 Å². The molecule has 7 aromatic rings. The van der Waals surface area contributed by atoms with Crippen molar-refractivity contribution in [2.24, 2.45) is 0 Å². The first-order chi connectivity index (χ1) is 26.5. The molecule has 1 nitrogen and oxygen atoms in total. The second-order valence-corrected chi connectivity index (χ2v) is 19.6. The van der Waals surface area contributed by atoms with Crippen molar-refractivity contribution in [3.8, 4) is 16.2 Å². The molecule has 1 saturated heterocycles. The summed E-state index contributed by atoms with van der Waals surface area (Å²) >= 11 is 5.49. The molecule has 3 heterocycles. The summed E-state index contributed by atoms with van der Waals surface area (Å²) in [6.45, 7) is 9.80. The van der Waals surface area contributed by atoms with E-state index in [1.165, 1.54) is 74.0 Å². The van der Waals surface area contributed by atoms with E-state index in [1.54, 1.807) is 17.9 Å². The van der Waals surface area contributed by atoms with Crippen LogP contribution in [-0.4, -0.2) is 13.2 Å². The molecule has 8 rings (SSSR count). The predicted octanol–water partition coefficient (Wildman–Crippen LogP) is 11.9. The first-order valence-corrected chi connectivity index (χ1v) is 22.8. The van der Waals surface area contributed by atoms with E-state index in [0.717, 1.165) is 15.8 Å². The van der Waals surface area contributed by atoms with Crippen LogP contribution in [0.1, 0.15) is 34.7 Å². The first-order valence-electron chi connectivity index (χ1n) is 18.1. The summed E-state index contributed by atoms with van der Waals surface area (Å²) in [5.74, 6) is 7.57. The van der Waals surface area contributed by atoms with Gasteiger partial charge in [0.25, 0.3) is 0 Å². The minimum atomic E-state index is -2.47. The molecule has 1 fully saturated rings. The van der Waals surface area contributed by atoms with Crippen LogP contribution in [0.3, 0.4) is 0 Å². The Morgan fingerprint density at radius 2 is 1.22 bits per heavy atom. The fraction of sp³-hybridized carbons (Fsp3) is 0.122. The standard InChI is InChI=1S/C49H39OPS2.Os/c1-6-17-42-29-46-44-26-33(3)34(4)27-45(44)47-30-43(53-49(47)48(46)52-42)25-24-37(28-38-32-50-31-36(38)7-2)35(5)51(39-18-11-8-12-19-39,40-20-13-9-14-21-40)41-22-15-10-16-23-41;/h6-23,26-30H,31-32H2,1-4H3;/q+1;/b17-6+,36-7?,37-35?,38-28?;. The molecule has 0 bridgehead atoms. The van der Waals surface area contributed by atoms with E-state index in [0.29, 0.717) is 13.2 Å². The second kappa shape index (κ2) is 15.8. The van der Waals surface area contributed by atoms with Crippen molar-refractivity contribution in [2.45, 2.75) is 27.7 Å². The fourth-order valence-corrected chi connectivity index (χ4v) is 15.6. The topological polar surface area (TPSA) is 9.23 Å². The van der Waals surface area contributed by atoms with Crippen LogP contribution in [0.4, 0.5) is 0 Å². The zero-order valence-electron chi connectivity index (χ0n) is 30.7. The van der Waals surface area contributed by atoms with Crippen LogP contribution >= 0.6 is 29.9 Å². The average molecular weight is 929 g/mol. The maximum atomic E-state index is 6.02. The Bertz CT molecular complexity index is 2690. The van der Waals surface area contributed by atoms with Crippen molar-refractivity contribution >= 4 is 82.9 Å².